The molecule has 2 N–H and O–H groups in total. The summed E-state index contributed by atoms with van der Waals surface area (Å²) < 4.78 is 0. The molecule has 1 aromatic heterocycles. The monoisotopic (exact) mass is 210 g/mol. The van der Waals surface area contributed by atoms with Crippen LogP contribution < -0.4 is 5.32 Å². The van der Waals surface area contributed by atoms with E-state index in [1.807, 2.05) is 0 Å². The lowest BCUT2D eigenvalue weighted by molar-refractivity contribution is -0.126. The van der Waals surface area contributed by atoms with Crippen LogP contribution >= 0.6 is 12.2 Å². The van der Waals surface area contributed by atoms with Crippen LogP contribution in [0.4, 0.5) is 0 Å². The van der Waals surface area contributed by atoms with Crippen molar-refractivity contribution in [3.05, 3.63) is 18.2 Å². The summed E-state index contributed by atoms with van der Waals surface area (Å²) in [6, 6.07) is -0.257. The minimum absolute atomic E-state index is 0.00426. The zero-order valence-corrected chi connectivity index (χ0v) is 8.47. The van der Waals surface area contributed by atoms with Gasteiger partial charge >= 0.3 is 0 Å². The third-order valence-electron chi connectivity index (χ3n) is 2.21. The molecule has 2 heterocycles. The van der Waals surface area contributed by atoms with Crippen molar-refractivity contribution in [3.8, 4) is 0 Å². The van der Waals surface area contributed by atoms with E-state index in [-0.39, 0.29) is 11.9 Å². The first kappa shape index (κ1) is 9.14. The molecule has 14 heavy (non-hydrogen) atoms. The maximum Gasteiger partial charge on any atom is 0.251 e. The lowest BCUT2D eigenvalue weighted by atomic mass is 10.2. The number of imidazole rings is 1. The van der Waals surface area contributed by atoms with Crippen molar-refractivity contribution in [2.75, 3.05) is 7.05 Å². The molecule has 1 aliphatic heterocycles. The van der Waals surface area contributed by atoms with E-state index in [4.69, 9.17) is 12.2 Å². The van der Waals surface area contributed by atoms with Gasteiger partial charge in [0.15, 0.2) is 5.11 Å². The van der Waals surface area contributed by atoms with Crippen LogP contribution in [-0.4, -0.2) is 39.0 Å². The Morgan fingerprint density at radius 1 is 1.71 bits per heavy atom. The van der Waals surface area contributed by atoms with Crippen LogP contribution in [0.1, 0.15) is 5.69 Å². The number of aromatic nitrogens is 2. The van der Waals surface area contributed by atoms with Crippen LogP contribution in [0.5, 0.6) is 0 Å². The van der Waals surface area contributed by atoms with Crippen molar-refractivity contribution in [2.45, 2.75) is 12.5 Å². The highest BCUT2D eigenvalue weighted by molar-refractivity contribution is 7.80. The van der Waals surface area contributed by atoms with Gasteiger partial charge in [-0.05, 0) is 12.2 Å². The van der Waals surface area contributed by atoms with E-state index >= 15 is 0 Å². The Morgan fingerprint density at radius 3 is 3.00 bits per heavy atom. The van der Waals surface area contributed by atoms with E-state index in [2.05, 4.69) is 15.3 Å². The van der Waals surface area contributed by atoms with Gasteiger partial charge in [-0.15, -0.1) is 0 Å². The van der Waals surface area contributed by atoms with E-state index in [1.165, 1.54) is 4.90 Å². The van der Waals surface area contributed by atoms with Crippen LogP contribution in [0.15, 0.2) is 12.5 Å². The van der Waals surface area contributed by atoms with Crippen molar-refractivity contribution in [2.24, 2.45) is 0 Å². The molecule has 0 unspecified atom stereocenters. The van der Waals surface area contributed by atoms with Gasteiger partial charge in [-0.3, -0.25) is 9.69 Å². The Balaban J connectivity index is 2.07. The Kier molecular flexibility index (Phi) is 2.20. The van der Waals surface area contributed by atoms with Gasteiger partial charge in [0, 0.05) is 25.4 Å². The molecular formula is C8H10N4OS. The van der Waals surface area contributed by atoms with Crippen molar-refractivity contribution < 1.29 is 4.79 Å². The zero-order chi connectivity index (χ0) is 10.1. The van der Waals surface area contributed by atoms with Gasteiger partial charge in [-0.2, -0.15) is 0 Å². The maximum absolute atomic E-state index is 11.6. The van der Waals surface area contributed by atoms with E-state index in [0.29, 0.717) is 11.5 Å². The number of carbonyl (C=O) groups is 1. The van der Waals surface area contributed by atoms with Gasteiger partial charge in [0.2, 0.25) is 0 Å². The standard InChI is InChI=1S/C8H10N4OS/c1-12-7(13)6(11-8(12)14)2-5-3-9-4-10-5/h3-4,6H,2H2,1H3,(H,9,10)(H,11,14)/t6-/m1/s1. The highest BCUT2D eigenvalue weighted by Gasteiger charge is 2.32. The molecule has 1 fully saturated rings. The van der Waals surface area contributed by atoms with Gasteiger partial charge in [0.1, 0.15) is 6.04 Å². The van der Waals surface area contributed by atoms with E-state index in [0.717, 1.165) is 5.69 Å². The first-order valence-electron chi connectivity index (χ1n) is 4.24. The van der Waals surface area contributed by atoms with Crippen LogP contribution in [-0.2, 0) is 11.2 Å². The van der Waals surface area contributed by atoms with Crippen LogP contribution in [0.2, 0.25) is 0 Å². The molecule has 1 amide bonds. The van der Waals surface area contributed by atoms with Crippen LogP contribution in [0.25, 0.3) is 0 Å². The van der Waals surface area contributed by atoms with Crippen molar-refractivity contribution in [3.63, 3.8) is 0 Å². The average molecular weight is 210 g/mol. The van der Waals surface area contributed by atoms with Gasteiger partial charge in [0.05, 0.1) is 6.33 Å². The van der Waals surface area contributed by atoms with Gasteiger partial charge < -0.3 is 10.3 Å². The number of H-pyrrole nitrogens is 1. The average Bonchev–Trinajstić information content (AvgIpc) is 2.73. The van der Waals surface area contributed by atoms with E-state index < -0.39 is 0 Å². The number of likely N-dealkylation sites (N-methyl/N-ethyl adjacent to an activating group) is 1. The fourth-order valence-electron chi connectivity index (χ4n) is 1.40. The number of amides is 1. The summed E-state index contributed by atoms with van der Waals surface area (Å²) in [7, 11) is 1.67. The van der Waals surface area contributed by atoms with Crippen molar-refractivity contribution in [1.82, 2.24) is 20.2 Å². The molecule has 1 atom stereocenters. The molecule has 0 aliphatic carbocycles. The summed E-state index contributed by atoms with van der Waals surface area (Å²) in [6.07, 6.45) is 3.89. The number of carbonyl (C=O) groups excluding carboxylic acids is 1. The Labute approximate surface area is 86.5 Å². The predicted molar refractivity (Wildman–Crippen MR) is 54.6 cm³/mol. The number of thiocarbonyl (C=S) groups is 1. The zero-order valence-electron chi connectivity index (χ0n) is 7.65. The van der Waals surface area contributed by atoms with Gasteiger partial charge in [-0.25, -0.2) is 4.98 Å². The Morgan fingerprint density at radius 2 is 2.50 bits per heavy atom. The lowest BCUT2D eigenvalue weighted by Gasteiger charge is -2.06. The van der Waals surface area contributed by atoms with Crippen LogP contribution in [0, 0.1) is 0 Å². The molecule has 0 spiro atoms. The second-order valence-corrected chi connectivity index (χ2v) is 3.57. The minimum atomic E-state index is -0.257. The third-order valence-corrected chi connectivity index (χ3v) is 2.60. The summed E-state index contributed by atoms with van der Waals surface area (Å²) in [5.41, 5.74) is 0.925. The number of rotatable bonds is 2. The molecule has 0 aromatic carbocycles. The summed E-state index contributed by atoms with van der Waals surface area (Å²) in [4.78, 5) is 19.9. The molecule has 74 valence electrons. The molecule has 0 saturated carbocycles. The molecule has 6 heteroatoms. The maximum atomic E-state index is 11.6. The number of hydrogen-bond acceptors (Lipinski definition) is 3. The van der Waals surface area contributed by atoms with Crippen molar-refractivity contribution >= 4 is 23.2 Å². The summed E-state index contributed by atoms with van der Waals surface area (Å²) >= 11 is 4.96. The SMILES string of the molecule is CN1C(=O)[C@@H](Cc2cnc[nH]2)NC1=S. The number of aromatic amines is 1. The fourth-order valence-corrected chi connectivity index (χ4v) is 1.63. The highest BCUT2D eigenvalue weighted by Crippen LogP contribution is 2.08. The second kappa shape index (κ2) is 3.38. The summed E-state index contributed by atoms with van der Waals surface area (Å²) in [6.45, 7) is 0. The normalized spacial score (nSPS) is 21.5. The van der Waals surface area contributed by atoms with Crippen LogP contribution in [0.3, 0.4) is 0 Å². The first-order valence-corrected chi connectivity index (χ1v) is 4.64. The molecule has 1 saturated heterocycles. The van der Waals surface area contributed by atoms with Crippen molar-refractivity contribution in [1.29, 1.82) is 0 Å². The molecule has 0 radical (unpaired) electrons. The molecule has 2 rings (SSSR count). The second-order valence-electron chi connectivity index (χ2n) is 3.18. The number of hydrogen-bond donors (Lipinski definition) is 2. The lowest BCUT2D eigenvalue weighted by Crippen LogP contribution is -2.31. The van der Waals surface area contributed by atoms with Gasteiger partial charge in [-0.1, -0.05) is 0 Å². The molecule has 5 nitrogen and oxygen atoms in total. The topological polar surface area (TPSA) is 61.0 Å². The minimum Gasteiger partial charge on any atom is -0.350 e. The first-order chi connectivity index (χ1) is 6.68. The summed E-state index contributed by atoms with van der Waals surface area (Å²) in [5.74, 6) is 0.00426. The molecule has 0 bridgehead atoms. The van der Waals surface area contributed by atoms with E-state index in [9.17, 15) is 4.79 Å². The fraction of sp³-hybridized carbons (Fsp3) is 0.375. The largest absolute Gasteiger partial charge is 0.350 e. The number of nitrogens with one attached hydrogen (secondary N) is 2. The molecule has 1 aromatic rings. The van der Waals surface area contributed by atoms with Gasteiger partial charge in [0.25, 0.3) is 5.91 Å². The number of nitrogens with zero attached hydrogens (tertiary/aromatic N) is 2. The molecular weight excluding hydrogens is 200 g/mol. The molecule has 1 aliphatic rings. The predicted octanol–water partition coefficient (Wildman–Crippen LogP) is -0.333. The smallest absolute Gasteiger partial charge is 0.251 e. The quantitative estimate of drug-likeness (QED) is 0.656. The van der Waals surface area contributed by atoms with E-state index in [1.54, 1.807) is 19.6 Å². The third kappa shape index (κ3) is 1.48. The highest BCUT2D eigenvalue weighted by atomic mass is 32.1. The Hall–Kier alpha value is -1.43. The Bertz CT molecular complexity index is 361. The summed E-state index contributed by atoms with van der Waals surface area (Å²) in [5, 5.41) is 3.44.